The van der Waals surface area contributed by atoms with E-state index in [2.05, 4.69) is 15.6 Å². The lowest BCUT2D eigenvalue weighted by atomic mass is 10.1. The number of aliphatic imine (C=N–C) groups is 1. The lowest BCUT2D eigenvalue weighted by Gasteiger charge is -2.18. The molecule has 0 aliphatic heterocycles. The predicted octanol–water partition coefficient (Wildman–Crippen LogP) is 2.22. The number of guanidine groups is 1. The van der Waals surface area contributed by atoms with Crippen molar-refractivity contribution in [2.45, 2.75) is 31.9 Å². The quantitative estimate of drug-likeness (QED) is 0.614. The summed E-state index contributed by atoms with van der Waals surface area (Å²) in [6.07, 6.45) is 0.345. The monoisotopic (exact) mass is 345 g/mol. The van der Waals surface area contributed by atoms with Crippen molar-refractivity contribution in [2.75, 3.05) is 25.9 Å². The maximum atomic E-state index is 13.5. The van der Waals surface area contributed by atoms with Gasteiger partial charge in [-0.1, -0.05) is 0 Å². The highest BCUT2D eigenvalue weighted by Gasteiger charge is 2.18. The zero-order chi connectivity index (χ0) is 17.5. The second kappa shape index (κ2) is 8.96. The highest BCUT2D eigenvalue weighted by atomic mass is 32.2. The van der Waals surface area contributed by atoms with Crippen LogP contribution in [-0.2, 0) is 17.2 Å². The van der Waals surface area contributed by atoms with E-state index >= 15 is 0 Å². The lowest BCUT2D eigenvalue weighted by Crippen LogP contribution is -2.41. The van der Waals surface area contributed by atoms with Gasteiger partial charge in [-0.25, -0.2) is 8.78 Å². The normalized spacial score (nSPS) is 13.7. The molecule has 4 nitrogen and oxygen atoms in total. The zero-order valence-corrected chi connectivity index (χ0v) is 14.9. The molecular weight excluding hydrogens is 320 g/mol. The summed E-state index contributed by atoms with van der Waals surface area (Å²) in [6, 6.07) is 3.42. The molecule has 2 N–H and O–H groups in total. The molecule has 130 valence electrons. The van der Waals surface area contributed by atoms with Crippen LogP contribution in [0.5, 0.6) is 0 Å². The summed E-state index contributed by atoms with van der Waals surface area (Å²) in [5.41, 5.74) is 0.321. The first kappa shape index (κ1) is 19.5. The van der Waals surface area contributed by atoms with E-state index in [-0.39, 0.29) is 4.75 Å². The van der Waals surface area contributed by atoms with Crippen LogP contribution in [0.4, 0.5) is 8.78 Å². The number of halogens is 2. The van der Waals surface area contributed by atoms with Crippen LogP contribution in [0.3, 0.4) is 0 Å². The van der Waals surface area contributed by atoms with Crippen LogP contribution in [-0.4, -0.2) is 40.8 Å². The molecule has 0 fully saturated rings. The summed E-state index contributed by atoms with van der Waals surface area (Å²) in [5, 5.41) is 6.09. The minimum absolute atomic E-state index is 0.243. The summed E-state index contributed by atoms with van der Waals surface area (Å²) < 4.78 is 38.3. The number of nitrogens with zero attached hydrogens (tertiary/aromatic N) is 1. The van der Waals surface area contributed by atoms with Gasteiger partial charge in [0.2, 0.25) is 0 Å². The van der Waals surface area contributed by atoms with Gasteiger partial charge in [0.05, 0.1) is 0 Å². The number of rotatable bonds is 6. The maximum Gasteiger partial charge on any atom is 0.191 e. The summed E-state index contributed by atoms with van der Waals surface area (Å²) >= 11 is 0. The molecule has 0 saturated heterocycles. The van der Waals surface area contributed by atoms with E-state index in [0.717, 1.165) is 12.1 Å². The molecule has 1 aromatic carbocycles. The van der Waals surface area contributed by atoms with E-state index in [1.807, 2.05) is 20.8 Å². The molecule has 1 aromatic rings. The van der Waals surface area contributed by atoms with Crippen molar-refractivity contribution < 1.29 is 13.0 Å². The molecule has 1 unspecified atom stereocenters. The average molecular weight is 345 g/mol. The molecule has 0 aliphatic carbocycles. The molecule has 0 aromatic heterocycles. The molecule has 7 heteroatoms. The van der Waals surface area contributed by atoms with Crippen LogP contribution in [0.2, 0.25) is 0 Å². The highest BCUT2D eigenvalue weighted by Crippen LogP contribution is 2.11. The van der Waals surface area contributed by atoms with E-state index in [0.29, 0.717) is 36.8 Å². The van der Waals surface area contributed by atoms with Crippen molar-refractivity contribution >= 4 is 16.8 Å². The smallest absolute Gasteiger partial charge is 0.191 e. The Balaban J connectivity index is 2.37. The van der Waals surface area contributed by atoms with Gasteiger partial charge in [-0.2, -0.15) is 0 Å². The summed E-state index contributed by atoms with van der Waals surface area (Å²) in [4.78, 5) is 4.05. The van der Waals surface area contributed by atoms with Gasteiger partial charge in [0.25, 0.3) is 0 Å². The van der Waals surface area contributed by atoms with Crippen LogP contribution in [0.15, 0.2) is 23.2 Å². The number of hydrogen-bond acceptors (Lipinski definition) is 2. The fraction of sp³-hybridized carbons (Fsp3) is 0.562. The van der Waals surface area contributed by atoms with E-state index < -0.39 is 22.4 Å². The number of benzene rings is 1. The lowest BCUT2D eigenvalue weighted by molar-refractivity contribution is 0.583. The average Bonchev–Trinajstić information content (AvgIpc) is 2.47. The predicted molar refractivity (Wildman–Crippen MR) is 92.2 cm³/mol. The molecule has 1 atom stereocenters. The molecular formula is C16H25F2N3OS. The largest absolute Gasteiger partial charge is 0.356 e. The highest BCUT2D eigenvalue weighted by molar-refractivity contribution is 7.86. The minimum Gasteiger partial charge on any atom is -0.356 e. The third kappa shape index (κ3) is 7.07. The fourth-order valence-electron chi connectivity index (χ4n) is 1.84. The number of hydrogen-bond donors (Lipinski definition) is 2. The van der Waals surface area contributed by atoms with Crippen LogP contribution < -0.4 is 10.6 Å². The zero-order valence-electron chi connectivity index (χ0n) is 14.1. The standard InChI is InChI=1S/C16H25F2N3OS/c1-16(2,3)23(22)10-9-21-15(19-4)20-8-7-12-11-13(17)5-6-14(12)18/h5-6,11H,7-10H2,1-4H3,(H2,19,20,21). The third-order valence-electron chi connectivity index (χ3n) is 3.18. The van der Waals surface area contributed by atoms with Crippen LogP contribution in [0.1, 0.15) is 26.3 Å². The Labute approximate surface area is 139 Å². The SMILES string of the molecule is CN=C(NCCc1cc(F)ccc1F)NCCS(=O)C(C)(C)C. The first-order chi connectivity index (χ1) is 10.7. The first-order valence-electron chi connectivity index (χ1n) is 7.51. The Kier molecular flexibility index (Phi) is 7.61. The second-order valence-electron chi connectivity index (χ2n) is 6.07. The number of nitrogens with one attached hydrogen (secondary N) is 2. The maximum absolute atomic E-state index is 13.5. The van der Waals surface area contributed by atoms with Gasteiger partial charge in [0, 0.05) is 41.4 Å². The Morgan fingerprint density at radius 1 is 1.22 bits per heavy atom. The molecule has 1 rings (SSSR count). The van der Waals surface area contributed by atoms with E-state index in [9.17, 15) is 13.0 Å². The van der Waals surface area contributed by atoms with Crippen LogP contribution in [0.25, 0.3) is 0 Å². The van der Waals surface area contributed by atoms with Crippen molar-refractivity contribution in [2.24, 2.45) is 4.99 Å². The molecule has 0 spiro atoms. The molecule has 0 heterocycles. The van der Waals surface area contributed by atoms with Crippen molar-refractivity contribution in [1.82, 2.24) is 10.6 Å². The Morgan fingerprint density at radius 3 is 2.48 bits per heavy atom. The topological polar surface area (TPSA) is 53.5 Å². The van der Waals surface area contributed by atoms with E-state index in [1.54, 1.807) is 7.05 Å². The van der Waals surface area contributed by atoms with Gasteiger partial charge in [-0.3, -0.25) is 9.20 Å². The Hall–Kier alpha value is -1.50. The van der Waals surface area contributed by atoms with E-state index in [1.165, 1.54) is 6.07 Å². The van der Waals surface area contributed by atoms with Crippen molar-refractivity contribution in [3.8, 4) is 0 Å². The summed E-state index contributed by atoms with van der Waals surface area (Å²) in [6.45, 7) is 6.75. The van der Waals surface area contributed by atoms with Gasteiger partial charge in [-0.15, -0.1) is 0 Å². The molecule has 0 bridgehead atoms. The van der Waals surface area contributed by atoms with Crippen molar-refractivity contribution in [1.29, 1.82) is 0 Å². The summed E-state index contributed by atoms with van der Waals surface area (Å²) in [7, 11) is 0.690. The second-order valence-corrected chi connectivity index (χ2v) is 8.40. The third-order valence-corrected chi connectivity index (χ3v) is 5.12. The molecule has 0 aliphatic rings. The Morgan fingerprint density at radius 2 is 1.87 bits per heavy atom. The molecule has 0 radical (unpaired) electrons. The van der Waals surface area contributed by atoms with Crippen molar-refractivity contribution in [3.63, 3.8) is 0 Å². The van der Waals surface area contributed by atoms with Gasteiger partial charge < -0.3 is 10.6 Å². The van der Waals surface area contributed by atoms with Gasteiger partial charge in [-0.05, 0) is 51.0 Å². The van der Waals surface area contributed by atoms with Crippen LogP contribution >= 0.6 is 0 Å². The van der Waals surface area contributed by atoms with E-state index in [4.69, 9.17) is 0 Å². The van der Waals surface area contributed by atoms with Crippen molar-refractivity contribution in [3.05, 3.63) is 35.4 Å². The molecule has 0 amide bonds. The summed E-state index contributed by atoms with van der Waals surface area (Å²) in [5.74, 6) is 0.195. The minimum atomic E-state index is -0.933. The van der Waals surface area contributed by atoms with Gasteiger partial charge in [0.15, 0.2) is 5.96 Å². The Bertz CT molecular complexity index is 571. The first-order valence-corrected chi connectivity index (χ1v) is 8.83. The fourth-order valence-corrected chi connectivity index (χ4v) is 2.74. The van der Waals surface area contributed by atoms with Gasteiger partial charge >= 0.3 is 0 Å². The van der Waals surface area contributed by atoms with Gasteiger partial charge in [0.1, 0.15) is 11.6 Å². The molecule has 23 heavy (non-hydrogen) atoms. The van der Waals surface area contributed by atoms with Crippen LogP contribution in [0, 0.1) is 11.6 Å². The molecule has 0 saturated carbocycles.